The fourth-order valence-electron chi connectivity index (χ4n) is 9.18. The third kappa shape index (κ3) is 5.51. The quantitative estimate of drug-likeness (QED) is 0.158. The molecule has 0 radical (unpaired) electrons. The first-order valence-corrected chi connectivity index (χ1v) is 19.7. The van der Waals surface area contributed by atoms with Gasteiger partial charge in [0.2, 0.25) is 0 Å². The molecule has 11 rings (SSSR count). The minimum Gasteiger partial charge on any atom is -0.311 e. The van der Waals surface area contributed by atoms with E-state index in [1.54, 1.807) is 0 Å². The molecule has 0 unspecified atom stereocenters. The summed E-state index contributed by atoms with van der Waals surface area (Å²) in [6.07, 6.45) is 0. The molecule has 0 aromatic heterocycles. The van der Waals surface area contributed by atoms with Gasteiger partial charge in [0, 0.05) is 39.7 Å². The molecule has 0 fully saturated rings. The summed E-state index contributed by atoms with van der Waals surface area (Å²) in [4.78, 5) is 5.03. The van der Waals surface area contributed by atoms with Gasteiger partial charge in [-0.05, 0) is 97.8 Å². The Bertz CT molecular complexity index is 2890. The normalized spacial score (nSPS) is 12.5. The fraction of sp³-hybridized carbons (Fsp3) is 0. The van der Waals surface area contributed by atoms with Crippen molar-refractivity contribution < 1.29 is 0 Å². The monoisotopic (exact) mass is 724 g/mol. The van der Waals surface area contributed by atoms with E-state index in [9.17, 15) is 0 Å². The van der Waals surface area contributed by atoms with Crippen LogP contribution in [0.25, 0.3) is 44.5 Å². The Morgan fingerprint density at radius 2 is 0.737 bits per heavy atom. The van der Waals surface area contributed by atoms with Crippen molar-refractivity contribution >= 4 is 57.2 Å². The van der Waals surface area contributed by atoms with Crippen molar-refractivity contribution in [3.63, 3.8) is 0 Å². The third-order valence-corrected chi connectivity index (χ3v) is 11.7. The van der Waals surface area contributed by atoms with Crippen LogP contribution in [0.5, 0.6) is 0 Å². The van der Waals surface area contributed by atoms with E-state index in [0.29, 0.717) is 0 Å². The highest BCUT2D eigenvalue weighted by Crippen LogP contribution is 2.48. The van der Waals surface area contributed by atoms with Crippen LogP contribution in [0.3, 0.4) is 0 Å². The van der Waals surface area contributed by atoms with Gasteiger partial charge >= 0.3 is 0 Å². The third-order valence-electron chi connectivity index (χ3n) is 11.7. The Morgan fingerprint density at radius 1 is 0.281 bits per heavy atom. The van der Waals surface area contributed by atoms with Crippen molar-refractivity contribution in [2.24, 2.45) is 0 Å². The molecule has 0 saturated heterocycles. The SMILES string of the molecule is c1ccc(-c2ccc(N3c4cccc5c4B(c4cccc(-c6ccccc6)c43)c3c(-c4ccccc4)cccc3N5c3cccc(-c4ccccc4)c3)cc2)cc1. The number of rotatable bonds is 6. The molecule has 266 valence electrons. The summed E-state index contributed by atoms with van der Waals surface area (Å²) >= 11 is 0. The van der Waals surface area contributed by atoms with Gasteiger partial charge in [0.25, 0.3) is 6.71 Å². The molecule has 0 spiro atoms. The zero-order chi connectivity index (χ0) is 37.7. The van der Waals surface area contributed by atoms with Gasteiger partial charge in [0.05, 0.1) is 0 Å². The molecule has 2 aliphatic rings. The summed E-state index contributed by atoms with van der Waals surface area (Å²) in [6, 6.07) is 82.0. The van der Waals surface area contributed by atoms with E-state index >= 15 is 0 Å². The van der Waals surface area contributed by atoms with Crippen LogP contribution in [0.2, 0.25) is 0 Å². The summed E-state index contributed by atoms with van der Waals surface area (Å²) in [5, 5.41) is 0. The molecule has 0 saturated carbocycles. The van der Waals surface area contributed by atoms with Crippen molar-refractivity contribution in [3.05, 3.63) is 224 Å². The first kappa shape index (κ1) is 33.0. The Hall–Kier alpha value is -7.36. The van der Waals surface area contributed by atoms with E-state index in [2.05, 4.69) is 234 Å². The van der Waals surface area contributed by atoms with Gasteiger partial charge in [-0.1, -0.05) is 182 Å². The number of hydrogen-bond donors (Lipinski definition) is 0. The molecule has 9 aromatic carbocycles. The molecular formula is C54H37BN2. The number of anilines is 6. The zero-order valence-corrected chi connectivity index (χ0v) is 31.3. The smallest absolute Gasteiger partial charge is 0.252 e. The van der Waals surface area contributed by atoms with Crippen molar-refractivity contribution in [2.45, 2.75) is 0 Å². The second kappa shape index (κ2) is 13.7. The van der Waals surface area contributed by atoms with Gasteiger partial charge in [0.15, 0.2) is 0 Å². The lowest BCUT2D eigenvalue weighted by Crippen LogP contribution is -2.62. The maximum Gasteiger partial charge on any atom is 0.252 e. The Balaban J connectivity index is 1.21. The molecule has 57 heavy (non-hydrogen) atoms. The van der Waals surface area contributed by atoms with E-state index in [-0.39, 0.29) is 6.71 Å². The second-order valence-electron chi connectivity index (χ2n) is 14.9. The Kier molecular flexibility index (Phi) is 7.96. The Labute approximate surface area is 334 Å². The first-order valence-electron chi connectivity index (χ1n) is 19.7. The van der Waals surface area contributed by atoms with Crippen LogP contribution in [0, 0.1) is 0 Å². The molecule has 3 heteroatoms. The van der Waals surface area contributed by atoms with Gasteiger partial charge < -0.3 is 9.80 Å². The van der Waals surface area contributed by atoms with Crippen molar-refractivity contribution in [3.8, 4) is 44.5 Å². The molecule has 9 aromatic rings. The number of nitrogens with zero attached hydrogens (tertiary/aromatic N) is 2. The number of fused-ring (bicyclic) bond motifs is 4. The molecule has 0 N–H and O–H groups in total. The van der Waals surface area contributed by atoms with Crippen molar-refractivity contribution in [1.29, 1.82) is 0 Å². The maximum atomic E-state index is 2.52. The first-order chi connectivity index (χ1) is 28.3. The average molecular weight is 725 g/mol. The molecule has 0 atom stereocenters. The predicted molar refractivity (Wildman–Crippen MR) is 242 cm³/mol. The van der Waals surface area contributed by atoms with Crippen molar-refractivity contribution in [2.75, 3.05) is 9.80 Å². The maximum absolute atomic E-state index is 2.52. The zero-order valence-electron chi connectivity index (χ0n) is 31.3. The van der Waals surface area contributed by atoms with Crippen LogP contribution >= 0.6 is 0 Å². The molecule has 2 nitrogen and oxygen atoms in total. The van der Waals surface area contributed by atoms with Crippen LogP contribution in [0.1, 0.15) is 0 Å². The summed E-state index contributed by atoms with van der Waals surface area (Å²) in [5.74, 6) is 0. The fourth-order valence-corrected chi connectivity index (χ4v) is 9.18. The van der Waals surface area contributed by atoms with Crippen LogP contribution < -0.4 is 26.2 Å². The van der Waals surface area contributed by atoms with Gasteiger partial charge in [-0.25, -0.2) is 0 Å². The average Bonchev–Trinajstić information content (AvgIpc) is 3.30. The van der Waals surface area contributed by atoms with Crippen LogP contribution in [-0.4, -0.2) is 6.71 Å². The summed E-state index contributed by atoms with van der Waals surface area (Å²) < 4.78 is 0. The van der Waals surface area contributed by atoms with Gasteiger partial charge in [-0.3, -0.25) is 0 Å². The molecular weight excluding hydrogens is 687 g/mol. The molecule has 0 aliphatic carbocycles. The predicted octanol–water partition coefficient (Wildman–Crippen LogP) is 12.4. The summed E-state index contributed by atoms with van der Waals surface area (Å²) in [6.45, 7) is -0.0188. The topological polar surface area (TPSA) is 6.48 Å². The Morgan fingerprint density at radius 3 is 1.39 bits per heavy atom. The number of hydrogen-bond acceptors (Lipinski definition) is 2. The van der Waals surface area contributed by atoms with Crippen LogP contribution in [-0.2, 0) is 0 Å². The van der Waals surface area contributed by atoms with Gasteiger partial charge in [0.1, 0.15) is 0 Å². The molecule has 0 bridgehead atoms. The van der Waals surface area contributed by atoms with Crippen molar-refractivity contribution in [1.82, 2.24) is 0 Å². The highest BCUT2D eigenvalue weighted by Gasteiger charge is 2.45. The van der Waals surface area contributed by atoms with Crippen LogP contribution in [0.4, 0.5) is 34.1 Å². The van der Waals surface area contributed by atoms with Crippen LogP contribution in [0.15, 0.2) is 224 Å². The minimum atomic E-state index is -0.0188. The van der Waals surface area contributed by atoms with Gasteiger partial charge in [-0.2, -0.15) is 0 Å². The number of para-hydroxylation sites is 1. The second-order valence-corrected chi connectivity index (χ2v) is 14.9. The lowest BCUT2D eigenvalue weighted by molar-refractivity contribution is 1.25. The van der Waals surface area contributed by atoms with E-state index in [1.165, 1.54) is 83.6 Å². The van der Waals surface area contributed by atoms with E-state index in [0.717, 1.165) is 11.4 Å². The lowest BCUT2D eigenvalue weighted by atomic mass is 9.32. The lowest BCUT2D eigenvalue weighted by Gasteiger charge is -2.45. The van der Waals surface area contributed by atoms with E-state index in [1.807, 2.05) is 0 Å². The minimum absolute atomic E-state index is 0.0188. The molecule has 2 aliphatic heterocycles. The molecule has 2 heterocycles. The highest BCUT2D eigenvalue weighted by molar-refractivity contribution is 7.01. The summed E-state index contributed by atoms with van der Waals surface area (Å²) in [5.41, 5.74) is 20.7. The number of benzene rings is 9. The molecule has 0 amide bonds. The highest BCUT2D eigenvalue weighted by atomic mass is 15.2. The summed E-state index contributed by atoms with van der Waals surface area (Å²) in [7, 11) is 0. The standard InChI is InChI=1S/C54H37BN2/c1-5-17-38(18-6-1)40-33-35-44(36-34-40)57-51-32-16-31-50-53(51)55(48-29-14-28-47(54(48)57)42-23-11-4-12-24-42)52-46(41-21-9-3-10-22-41)27-15-30-49(52)56(50)45-26-13-25-43(37-45)39-19-7-2-8-20-39/h1-37H. The van der Waals surface area contributed by atoms with Gasteiger partial charge in [-0.15, -0.1) is 0 Å². The van der Waals surface area contributed by atoms with E-state index < -0.39 is 0 Å². The largest absolute Gasteiger partial charge is 0.311 e. The van der Waals surface area contributed by atoms with E-state index in [4.69, 9.17) is 0 Å².